The topological polar surface area (TPSA) is 67.8 Å². The van der Waals surface area contributed by atoms with Crippen LogP contribution in [0, 0.1) is 11.8 Å². The van der Waals surface area contributed by atoms with Gasteiger partial charge in [-0.1, -0.05) is 12.1 Å². The van der Waals surface area contributed by atoms with Crippen molar-refractivity contribution in [1.82, 2.24) is 14.9 Å². The normalized spacial score (nSPS) is 20.5. The molecule has 7 nitrogen and oxygen atoms in total. The van der Waals surface area contributed by atoms with Crippen LogP contribution in [0.1, 0.15) is 10.4 Å². The molecule has 2 unspecified atom stereocenters. The first-order valence-corrected chi connectivity index (χ1v) is 10.1. The van der Waals surface area contributed by atoms with E-state index >= 15 is 0 Å². The SMILES string of the molecule is COc1ccc(C(=O)N2CC3CN(c4cnc5ccccc5n4)CC3C2)c(OC)c1. The Morgan fingerprint density at radius 1 is 0.967 bits per heavy atom. The van der Waals surface area contributed by atoms with Crippen LogP contribution in [-0.4, -0.2) is 61.2 Å². The highest BCUT2D eigenvalue weighted by Crippen LogP contribution is 2.35. The fourth-order valence-electron chi connectivity index (χ4n) is 4.59. The zero-order chi connectivity index (χ0) is 20.7. The lowest BCUT2D eigenvalue weighted by atomic mass is 10.0. The lowest BCUT2D eigenvalue weighted by Crippen LogP contribution is -2.33. The Hall–Kier alpha value is -3.35. The number of carbonyl (C=O) groups is 1. The summed E-state index contributed by atoms with van der Waals surface area (Å²) in [5.74, 6) is 3.02. The Morgan fingerprint density at radius 2 is 1.70 bits per heavy atom. The number of hydrogen-bond acceptors (Lipinski definition) is 6. The first-order chi connectivity index (χ1) is 14.7. The molecule has 2 atom stereocenters. The van der Waals surface area contributed by atoms with Crippen molar-refractivity contribution < 1.29 is 14.3 Å². The highest BCUT2D eigenvalue weighted by atomic mass is 16.5. The van der Waals surface area contributed by atoms with Gasteiger partial charge in [0.25, 0.3) is 5.91 Å². The van der Waals surface area contributed by atoms with E-state index in [1.807, 2.05) is 35.4 Å². The molecule has 3 aromatic rings. The van der Waals surface area contributed by atoms with Crippen LogP contribution in [0.5, 0.6) is 11.5 Å². The minimum atomic E-state index is 0.0148. The molecule has 30 heavy (non-hydrogen) atoms. The number of amides is 1. The number of aromatic nitrogens is 2. The van der Waals surface area contributed by atoms with E-state index in [4.69, 9.17) is 14.5 Å². The van der Waals surface area contributed by atoms with Crippen molar-refractivity contribution >= 4 is 22.8 Å². The van der Waals surface area contributed by atoms with E-state index in [-0.39, 0.29) is 5.91 Å². The molecule has 2 aliphatic rings. The molecule has 1 aromatic heterocycles. The Bertz CT molecular complexity index is 1090. The third-order valence-corrected chi connectivity index (χ3v) is 6.17. The number of benzene rings is 2. The molecule has 0 saturated carbocycles. The fourth-order valence-corrected chi connectivity index (χ4v) is 4.59. The Balaban J connectivity index is 1.29. The number of hydrogen-bond donors (Lipinski definition) is 0. The smallest absolute Gasteiger partial charge is 0.257 e. The van der Waals surface area contributed by atoms with E-state index in [2.05, 4.69) is 9.88 Å². The summed E-state index contributed by atoms with van der Waals surface area (Å²) in [6, 6.07) is 13.3. The molecule has 5 rings (SSSR count). The Morgan fingerprint density at radius 3 is 2.40 bits per heavy atom. The van der Waals surface area contributed by atoms with Crippen molar-refractivity contribution in [3.8, 4) is 11.5 Å². The molecule has 0 radical (unpaired) electrons. The van der Waals surface area contributed by atoms with Crippen LogP contribution >= 0.6 is 0 Å². The monoisotopic (exact) mass is 404 g/mol. The number of carbonyl (C=O) groups excluding carboxylic acids is 1. The molecular weight excluding hydrogens is 380 g/mol. The third kappa shape index (κ3) is 3.20. The summed E-state index contributed by atoms with van der Waals surface area (Å²) in [4.78, 5) is 26.7. The average Bonchev–Trinajstić information content (AvgIpc) is 3.37. The van der Waals surface area contributed by atoms with E-state index in [0.29, 0.717) is 28.9 Å². The molecule has 1 amide bonds. The molecule has 0 spiro atoms. The van der Waals surface area contributed by atoms with Crippen LogP contribution in [0.2, 0.25) is 0 Å². The van der Waals surface area contributed by atoms with Gasteiger partial charge in [0, 0.05) is 44.1 Å². The van der Waals surface area contributed by atoms with E-state index < -0.39 is 0 Å². The zero-order valence-electron chi connectivity index (χ0n) is 17.1. The maximum atomic E-state index is 13.1. The standard InChI is InChI=1S/C23H24N4O3/c1-29-17-7-8-18(21(9-17)30-2)23(28)27-13-15-11-26(12-16(15)14-27)22-10-24-19-5-3-4-6-20(19)25-22/h3-10,15-16H,11-14H2,1-2H3. The second kappa shape index (κ2) is 7.48. The van der Waals surface area contributed by atoms with Gasteiger partial charge in [0.2, 0.25) is 0 Å². The summed E-state index contributed by atoms with van der Waals surface area (Å²) in [7, 11) is 3.18. The van der Waals surface area contributed by atoms with Crippen LogP contribution in [0.3, 0.4) is 0 Å². The number of methoxy groups -OCH3 is 2. The predicted octanol–water partition coefficient (Wildman–Crippen LogP) is 2.86. The van der Waals surface area contributed by atoms with Gasteiger partial charge in [-0.3, -0.25) is 9.78 Å². The molecule has 154 valence electrons. The molecule has 7 heteroatoms. The summed E-state index contributed by atoms with van der Waals surface area (Å²) in [6.45, 7) is 3.27. The first kappa shape index (κ1) is 18.7. The number of rotatable bonds is 4. The summed E-state index contributed by atoms with van der Waals surface area (Å²) in [5.41, 5.74) is 2.40. The first-order valence-electron chi connectivity index (χ1n) is 10.1. The molecule has 2 aliphatic heterocycles. The number of anilines is 1. The maximum Gasteiger partial charge on any atom is 0.257 e. The van der Waals surface area contributed by atoms with Gasteiger partial charge in [-0.05, 0) is 24.3 Å². The fraction of sp³-hybridized carbons (Fsp3) is 0.348. The molecule has 0 N–H and O–H groups in total. The summed E-state index contributed by atoms with van der Waals surface area (Å²) in [6.07, 6.45) is 1.86. The zero-order valence-corrected chi connectivity index (χ0v) is 17.1. The van der Waals surface area contributed by atoms with Crippen molar-refractivity contribution in [3.05, 3.63) is 54.2 Å². The number of likely N-dealkylation sites (tertiary alicyclic amines) is 1. The molecule has 2 fully saturated rings. The van der Waals surface area contributed by atoms with Gasteiger partial charge >= 0.3 is 0 Å². The van der Waals surface area contributed by atoms with Crippen molar-refractivity contribution in [2.24, 2.45) is 11.8 Å². The van der Waals surface area contributed by atoms with E-state index in [1.165, 1.54) is 0 Å². The second-order valence-electron chi connectivity index (χ2n) is 7.92. The van der Waals surface area contributed by atoms with Crippen molar-refractivity contribution in [2.75, 3.05) is 45.3 Å². The van der Waals surface area contributed by atoms with E-state index in [1.54, 1.807) is 32.4 Å². The maximum absolute atomic E-state index is 13.1. The van der Waals surface area contributed by atoms with Crippen molar-refractivity contribution in [1.29, 1.82) is 0 Å². The molecule has 0 bridgehead atoms. The van der Waals surface area contributed by atoms with Crippen molar-refractivity contribution in [2.45, 2.75) is 0 Å². The Kier molecular flexibility index (Phi) is 4.65. The van der Waals surface area contributed by atoms with E-state index in [0.717, 1.165) is 43.0 Å². The van der Waals surface area contributed by atoms with Gasteiger partial charge in [-0.25, -0.2) is 4.98 Å². The molecule has 0 aliphatic carbocycles. The van der Waals surface area contributed by atoms with Gasteiger partial charge < -0.3 is 19.3 Å². The predicted molar refractivity (Wildman–Crippen MR) is 114 cm³/mol. The number of ether oxygens (including phenoxy) is 2. The minimum Gasteiger partial charge on any atom is -0.497 e. The summed E-state index contributed by atoms with van der Waals surface area (Å²) >= 11 is 0. The van der Waals surface area contributed by atoms with Gasteiger partial charge in [0.1, 0.15) is 17.3 Å². The lowest BCUT2D eigenvalue weighted by Gasteiger charge is -2.23. The van der Waals surface area contributed by atoms with Crippen LogP contribution < -0.4 is 14.4 Å². The number of para-hydroxylation sites is 2. The number of fused-ring (bicyclic) bond motifs is 2. The highest BCUT2D eigenvalue weighted by molar-refractivity contribution is 5.97. The second-order valence-corrected chi connectivity index (χ2v) is 7.92. The highest BCUT2D eigenvalue weighted by Gasteiger charge is 2.42. The molecule has 2 saturated heterocycles. The van der Waals surface area contributed by atoms with Crippen LogP contribution in [-0.2, 0) is 0 Å². The van der Waals surface area contributed by atoms with Crippen LogP contribution in [0.4, 0.5) is 5.82 Å². The van der Waals surface area contributed by atoms with Crippen molar-refractivity contribution in [3.63, 3.8) is 0 Å². The number of nitrogens with zero attached hydrogens (tertiary/aromatic N) is 4. The van der Waals surface area contributed by atoms with Gasteiger partial charge in [-0.2, -0.15) is 0 Å². The third-order valence-electron chi connectivity index (χ3n) is 6.17. The summed E-state index contributed by atoms with van der Waals surface area (Å²) < 4.78 is 10.7. The molecule has 3 heterocycles. The Labute approximate surface area is 175 Å². The molecule has 2 aromatic carbocycles. The molecular formula is C23H24N4O3. The summed E-state index contributed by atoms with van der Waals surface area (Å²) in [5, 5.41) is 0. The van der Waals surface area contributed by atoms with E-state index in [9.17, 15) is 4.79 Å². The largest absolute Gasteiger partial charge is 0.497 e. The van der Waals surface area contributed by atoms with Crippen LogP contribution in [0.25, 0.3) is 11.0 Å². The lowest BCUT2D eigenvalue weighted by molar-refractivity contribution is 0.0779. The quantitative estimate of drug-likeness (QED) is 0.666. The average molecular weight is 404 g/mol. The van der Waals surface area contributed by atoms with Gasteiger partial charge in [0.15, 0.2) is 0 Å². The van der Waals surface area contributed by atoms with Gasteiger partial charge in [-0.15, -0.1) is 0 Å². The minimum absolute atomic E-state index is 0.0148. The van der Waals surface area contributed by atoms with Gasteiger partial charge in [0.05, 0.1) is 37.0 Å². The van der Waals surface area contributed by atoms with Crippen LogP contribution in [0.15, 0.2) is 48.7 Å².